The van der Waals surface area contributed by atoms with Crippen LogP contribution in [0.3, 0.4) is 0 Å². The van der Waals surface area contributed by atoms with Crippen molar-refractivity contribution in [2.24, 2.45) is 11.3 Å². The predicted octanol–water partition coefficient (Wildman–Crippen LogP) is 5.14. The number of benzene rings is 1. The molecule has 3 atom stereocenters. The van der Waals surface area contributed by atoms with E-state index in [1.165, 1.54) is 19.3 Å². The Morgan fingerprint density at radius 2 is 1.86 bits per heavy atom. The molecule has 1 heterocycles. The molecule has 35 heavy (non-hydrogen) atoms. The molecular weight excluding hydrogens is 462 g/mol. The van der Waals surface area contributed by atoms with Gasteiger partial charge >= 0.3 is 5.97 Å². The molecule has 188 valence electrons. The van der Waals surface area contributed by atoms with Gasteiger partial charge in [0.25, 0.3) is 0 Å². The summed E-state index contributed by atoms with van der Waals surface area (Å²) in [5.74, 6) is -1.29. The number of unbranched alkanes of at least 4 members (excludes halogenated alkanes) is 1. The van der Waals surface area contributed by atoms with Crippen LogP contribution in [0.15, 0.2) is 54.6 Å². The fourth-order valence-corrected chi connectivity index (χ4v) is 4.84. The van der Waals surface area contributed by atoms with Crippen molar-refractivity contribution in [2.75, 3.05) is 7.11 Å². The van der Waals surface area contributed by atoms with Gasteiger partial charge in [0.2, 0.25) is 0 Å². The summed E-state index contributed by atoms with van der Waals surface area (Å²) in [6, 6.07) is 12.1. The molecule has 0 saturated carbocycles. The van der Waals surface area contributed by atoms with Crippen LogP contribution in [0.5, 0.6) is 0 Å². The van der Waals surface area contributed by atoms with Crippen molar-refractivity contribution >= 4 is 33.2 Å². The minimum atomic E-state index is -1.20. The van der Waals surface area contributed by atoms with Crippen molar-refractivity contribution in [3.05, 3.63) is 59.5 Å². The van der Waals surface area contributed by atoms with Gasteiger partial charge in [0, 0.05) is 28.8 Å². The molecule has 0 aliphatic carbocycles. The first-order valence-corrected chi connectivity index (χ1v) is 12.7. The number of ether oxygens (including phenoxy) is 1. The van der Waals surface area contributed by atoms with Crippen LogP contribution >= 0.6 is 11.3 Å². The van der Waals surface area contributed by atoms with Crippen molar-refractivity contribution in [2.45, 2.75) is 64.6 Å². The number of aliphatic hydroxyl groups is 2. The van der Waals surface area contributed by atoms with E-state index in [1.807, 2.05) is 42.5 Å². The van der Waals surface area contributed by atoms with Crippen LogP contribution in [0.2, 0.25) is 0 Å². The molecule has 0 fully saturated rings. The van der Waals surface area contributed by atoms with Crippen LogP contribution in [-0.4, -0.2) is 41.3 Å². The van der Waals surface area contributed by atoms with E-state index in [0.29, 0.717) is 25.7 Å². The molecule has 1 unspecified atom stereocenters. The van der Waals surface area contributed by atoms with Crippen LogP contribution in [0.1, 0.15) is 50.8 Å². The van der Waals surface area contributed by atoms with Gasteiger partial charge in [-0.2, -0.15) is 5.26 Å². The van der Waals surface area contributed by atoms with Crippen LogP contribution in [-0.2, 0) is 20.7 Å². The van der Waals surface area contributed by atoms with Gasteiger partial charge in [-0.05, 0) is 36.8 Å². The number of carbonyl (C=O) groups excluding carboxylic acids is 2. The first-order valence-electron chi connectivity index (χ1n) is 11.9. The SMILES string of the molecule is COC(=O)CCC/C=C\CCC(=O)C(C)(C)[C@@H](O)[C@@H](C#N)/C=C/C(O)Cc1cc2ccccc2s1. The molecule has 0 aliphatic rings. The van der Waals surface area contributed by atoms with E-state index in [4.69, 9.17) is 0 Å². The molecule has 0 aliphatic heterocycles. The van der Waals surface area contributed by atoms with Crippen molar-refractivity contribution in [1.82, 2.24) is 0 Å². The lowest BCUT2D eigenvalue weighted by Crippen LogP contribution is -2.41. The number of nitrogens with zero attached hydrogens (tertiary/aromatic N) is 1. The number of Topliss-reactive ketones (excluding diaryl/α,β-unsaturated/α-hetero) is 1. The average molecular weight is 498 g/mol. The zero-order chi connectivity index (χ0) is 25.8. The van der Waals surface area contributed by atoms with Crippen molar-refractivity contribution in [1.29, 1.82) is 5.26 Å². The number of esters is 1. The van der Waals surface area contributed by atoms with Crippen molar-refractivity contribution in [3.8, 4) is 6.07 Å². The molecule has 1 aromatic carbocycles. The number of methoxy groups -OCH3 is 1. The molecule has 2 rings (SSSR count). The van der Waals surface area contributed by atoms with Gasteiger partial charge < -0.3 is 14.9 Å². The fraction of sp³-hybridized carbons (Fsp3) is 0.464. The summed E-state index contributed by atoms with van der Waals surface area (Å²) < 4.78 is 5.75. The zero-order valence-electron chi connectivity index (χ0n) is 20.6. The summed E-state index contributed by atoms with van der Waals surface area (Å²) in [6.07, 6.45) is 7.81. The average Bonchev–Trinajstić information content (AvgIpc) is 3.25. The molecule has 0 amide bonds. The van der Waals surface area contributed by atoms with E-state index >= 15 is 0 Å². The number of aliphatic hydroxyl groups excluding tert-OH is 2. The topological polar surface area (TPSA) is 108 Å². The number of hydrogen-bond acceptors (Lipinski definition) is 7. The molecule has 2 aromatic rings. The number of allylic oxidation sites excluding steroid dienone is 2. The maximum absolute atomic E-state index is 12.8. The lowest BCUT2D eigenvalue weighted by Gasteiger charge is -2.31. The Morgan fingerprint density at radius 1 is 1.14 bits per heavy atom. The number of fused-ring (bicyclic) bond motifs is 1. The van der Waals surface area contributed by atoms with Crippen LogP contribution in [0.4, 0.5) is 0 Å². The van der Waals surface area contributed by atoms with E-state index < -0.39 is 23.5 Å². The third kappa shape index (κ3) is 8.74. The number of hydrogen-bond donors (Lipinski definition) is 2. The summed E-state index contributed by atoms with van der Waals surface area (Å²) in [4.78, 5) is 24.9. The van der Waals surface area contributed by atoms with Gasteiger partial charge in [0.05, 0.1) is 36.7 Å². The Morgan fingerprint density at radius 3 is 2.54 bits per heavy atom. The first kappa shape index (κ1) is 28.4. The van der Waals surface area contributed by atoms with Crippen LogP contribution in [0.25, 0.3) is 10.1 Å². The summed E-state index contributed by atoms with van der Waals surface area (Å²) >= 11 is 1.62. The molecule has 7 heteroatoms. The standard InChI is InChI=1S/C28H35NO5S/c1-28(2,25(31)13-7-5-4-6-8-14-26(32)34-3)27(33)21(19-29)15-16-22(30)18-23-17-20-11-9-10-12-24(20)35-23/h4-5,9-12,15-17,21-22,27,30,33H,6-8,13-14,18H2,1-3H3/b5-4-,16-15+/t21-,22?,27+/m1/s1. The molecule has 2 N–H and O–H groups in total. The number of rotatable bonds is 14. The fourth-order valence-electron chi connectivity index (χ4n) is 3.73. The molecule has 0 bridgehead atoms. The summed E-state index contributed by atoms with van der Waals surface area (Å²) in [5.41, 5.74) is -1.11. The van der Waals surface area contributed by atoms with Crippen molar-refractivity contribution < 1.29 is 24.5 Å². The highest BCUT2D eigenvalue weighted by molar-refractivity contribution is 7.19. The molecule has 1 aromatic heterocycles. The van der Waals surface area contributed by atoms with E-state index in [9.17, 15) is 25.1 Å². The van der Waals surface area contributed by atoms with E-state index in [2.05, 4.69) is 10.8 Å². The minimum Gasteiger partial charge on any atom is -0.469 e. The first-order chi connectivity index (χ1) is 16.7. The van der Waals surface area contributed by atoms with Gasteiger partial charge in [-0.15, -0.1) is 11.3 Å². The van der Waals surface area contributed by atoms with Gasteiger partial charge in [-0.1, -0.05) is 56.4 Å². The monoisotopic (exact) mass is 497 g/mol. The quantitative estimate of drug-likeness (QED) is 0.213. The second kappa shape index (κ2) is 13.9. The smallest absolute Gasteiger partial charge is 0.305 e. The predicted molar refractivity (Wildman–Crippen MR) is 139 cm³/mol. The van der Waals surface area contributed by atoms with Gasteiger partial charge in [-0.3, -0.25) is 9.59 Å². The maximum Gasteiger partial charge on any atom is 0.305 e. The molecule has 0 radical (unpaired) electrons. The molecule has 0 saturated heterocycles. The Balaban J connectivity index is 1.86. The number of thiophene rings is 1. The second-order valence-electron chi connectivity index (χ2n) is 9.13. The Kier molecular flexibility index (Phi) is 11.3. The van der Waals surface area contributed by atoms with Gasteiger partial charge in [-0.25, -0.2) is 0 Å². The van der Waals surface area contributed by atoms with E-state index in [0.717, 1.165) is 21.4 Å². The van der Waals surface area contributed by atoms with Gasteiger partial charge in [0.1, 0.15) is 5.78 Å². The lowest BCUT2D eigenvalue weighted by molar-refractivity contribution is -0.140. The summed E-state index contributed by atoms with van der Waals surface area (Å²) in [6.45, 7) is 3.29. The second-order valence-corrected chi connectivity index (χ2v) is 10.3. The highest BCUT2D eigenvalue weighted by Crippen LogP contribution is 2.30. The Bertz CT molecular complexity index is 1050. The highest BCUT2D eigenvalue weighted by Gasteiger charge is 2.38. The summed E-state index contributed by atoms with van der Waals surface area (Å²) in [7, 11) is 1.36. The van der Waals surface area contributed by atoms with Gasteiger partial charge in [0.15, 0.2) is 0 Å². The third-order valence-corrected chi connectivity index (χ3v) is 7.20. The Hall–Kier alpha value is -2.79. The maximum atomic E-state index is 12.8. The minimum absolute atomic E-state index is 0.135. The molecular formula is C28H35NO5S. The van der Waals surface area contributed by atoms with Crippen LogP contribution in [0, 0.1) is 22.7 Å². The summed E-state index contributed by atoms with van der Waals surface area (Å²) in [5, 5.41) is 32.0. The number of ketones is 1. The molecule has 0 spiro atoms. The lowest BCUT2D eigenvalue weighted by atomic mass is 9.75. The normalized spacial score (nSPS) is 14.7. The van der Waals surface area contributed by atoms with E-state index in [-0.39, 0.29) is 18.2 Å². The van der Waals surface area contributed by atoms with E-state index in [1.54, 1.807) is 25.2 Å². The third-order valence-electron chi connectivity index (χ3n) is 6.06. The Labute approximate surface area is 211 Å². The largest absolute Gasteiger partial charge is 0.469 e. The molecule has 6 nitrogen and oxygen atoms in total. The highest BCUT2D eigenvalue weighted by atomic mass is 32.1. The number of nitriles is 1. The van der Waals surface area contributed by atoms with Crippen molar-refractivity contribution in [3.63, 3.8) is 0 Å². The number of carbonyl (C=O) groups is 2. The zero-order valence-corrected chi connectivity index (χ0v) is 21.5. The van der Waals surface area contributed by atoms with Crippen LogP contribution < -0.4 is 0 Å².